The van der Waals surface area contributed by atoms with Crippen LogP contribution in [0.2, 0.25) is 0 Å². The van der Waals surface area contributed by atoms with Crippen molar-refractivity contribution in [2.75, 3.05) is 32.7 Å². The van der Waals surface area contributed by atoms with E-state index in [-0.39, 0.29) is 0 Å². The standard InChI is InChI=1S/C13H16F3IN2/c14-13(15,16)10-19-7-5-18(6-8-19)9-11-3-1-2-4-12(11)17/h1-4H,5-10H2. The van der Waals surface area contributed by atoms with E-state index in [1.54, 1.807) is 0 Å². The summed E-state index contributed by atoms with van der Waals surface area (Å²) < 4.78 is 38.0. The Balaban J connectivity index is 1.82. The van der Waals surface area contributed by atoms with Gasteiger partial charge in [-0.15, -0.1) is 0 Å². The minimum Gasteiger partial charge on any atom is -0.297 e. The molecule has 19 heavy (non-hydrogen) atoms. The van der Waals surface area contributed by atoms with E-state index in [0.717, 1.165) is 6.54 Å². The fourth-order valence-electron chi connectivity index (χ4n) is 2.23. The first-order chi connectivity index (χ1) is 8.94. The van der Waals surface area contributed by atoms with Crippen LogP contribution in [0.4, 0.5) is 13.2 Å². The second kappa shape index (κ2) is 6.41. The molecule has 0 radical (unpaired) electrons. The number of piperazine rings is 1. The maximum absolute atomic E-state index is 12.3. The zero-order chi connectivity index (χ0) is 13.9. The number of hydrogen-bond donors (Lipinski definition) is 0. The molecule has 1 aromatic carbocycles. The highest BCUT2D eigenvalue weighted by molar-refractivity contribution is 14.1. The predicted octanol–water partition coefficient (Wildman–Crippen LogP) is 2.97. The average molecular weight is 384 g/mol. The molecule has 2 rings (SSSR count). The maximum Gasteiger partial charge on any atom is 0.401 e. The second-order valence-electron chi connectivity index (χ2n) is 4.76. The van der Waals surface area contributed by atoms with Crippen molar-refractivity contribution in [1.29, 1.82) is 0 Å². The molecule has 0 unspecified atom stereocenters. The van der Waals surface area contributed by atoms with E-state index < -0.39 is 12.7 Å². The third kappa shape index (κ3) is 4.92. The summed E-state index contributed by atoms with van der Waals surface area (Å²) in [6.07, 6.45) is -4.09. The lowest BCUT2D eigenvalue weighted by Gasteiger charge is -2.35. The molecule has 0 amide bonds. The zero-order valence-corrected chi connectivity index (χ0v) is 12.6. The molecule has 1 heterocycles. The van der Waals surface area contributed by atoms with E-state index in [4.69, 9.17) is 0 Å². The van der Waals surface area contributed by atoms with Crippen molar-refractivity contribution in [1.82, 2.24) is 9.80 Å². The summed E-state index contributed by atoms with van der Waals surface area (Å²) in [5.41, 5.74) is 1.24. The van der Waals surface area contributed by atoms with Gasteiger partial charge in [-0.2, -0.15) is 13.2 Å². The summed E-state index contributed by atoms with van der Waals surface area (Å²) in [6.45, 7) is 2.40. The van der Waals surface area contributed by atoms with Gasteiger partial charge < -0.3 is 0 Å². The molecule has 0 spiro atoms. The number of rotatable bonds is 3. The molecule has 106 valence electrons. The summed E-state index contributed by atoms with van der Waals surface area (Å²) in [7, 11) is 0. The minimum absolute atomic E-state index is 0.489. The van der Waals surface area contributed by atoms with Gasteiger partial charge in [-0.1, -0.05) is 18.2 Å². The number of nitrogens with zero attached hydrogens (tertiary/aromatic N) is 2. The van der Waals surface area contributed by atoms with Crippen molar-refractivity contribution in [3.63, 3.8) is 0 Å². The van der Waals surface area contributed by atoms with E-state index in [9.17, 15) is 13.2 Å². The van der Waals surface area contributed by atoms with Crippen LogP contribution in [0.1, 0.15) is 5.56 Å². The van der Waals surface area contributed by atoms with Crippen molar-refractivity contribution in [2.45, 2.75) is 12.7 Å². The van der Waals surface area contributed by atoms with Crippen molar-refractivity contribution in [3.8, 4) is 0 Å². The van der Waals surface area contributed by atoms with Crippen LogP contribution in [-0.4, -0.2) is 48.7 Å². The third-order valence-electron chi connectivity index (χ3n) is 3.22. The number of hydrogen-bond acceptors (Lipinski definition) is 2. The Hall–Kier alpha value is -0.340. The molecule has 1 aromatic rings. The Labute approximate surface area is 124 Å². The fourth-order valence-corrected chi connectivity index (χ4v) is 2.78. The zero-order valence-electron chi connectivity index (χ0n) is 10.5. The summed E-state index contributed by atoms with van der Waals surface area (Å²) >= 11 is 2.29. The lowest BCUT2D eigenvalue weighted by atomic mass is 10.2. The molecular formula is C13H16F3IN2. The normalized spacial score (nSPS) is 18.7. The summed E-state index contributed by atoms with van der Waals surface area (Å²) in [5, 5.41) is 0. The van der Waals surface area contributed by atoms with Crippen LogP contribution in [0.25, 0.3) is 0 Å². The quantitative estimate of drug-likeness (QED) is 0.740. The first-order valence-corrected chi connectivity index (χ1v) is 7.27. The van der Waals surface area contributed by atoms with Crippen LogP contribution in [0, 0.1) is 3.57 Å². The van der Waals surface area contributed by atoms with Crippen molar-refractivity contribution >= 4 is 22.6 Å². The molecule has 0 saturated carbocycles. The van der Waals surface area contributed by atoms with E-state index in [0.29, 0.717) is 26.2 Å². The second-order valence-corrected chi connectivity index (χ2v) is 5.92. The number of alkyl halides is 3. The lowest BCUT2D eigenvalue weighted by molar-refractivity contribution is -0.149. The topological polar surface area (TPSA) is 6.48 Å². The highest BCUT2D eigenvalue weighted by atomic mass is 127. The van der Waals surface area contributed by atoms with Gasteiger partial charge in [0.05, 0.1) is 6.54 Å². The highest BCUT2D eigenvalue weighted by Crippen LogP contribution is 2.19. The number of halogens is 4. The lowest BCUT2D eigenvalue weighted by Crippen LogP contribution is -2.48. The summed E-state index contributed by atoms with van der Waals surface area (Å²) in [6, 6.07) is 8.11. The molecule has 1 aliphatic heterocycles. The van der Waals surface area contributed by atoms with Crippen LogP contribution in [0.15, 0.2) is 24.3 Å². The summed E-state index contributed by atoms with van der Waals surface area (Å²) in [4.78, 5) is 3.69. The third-order valence-corrected chi connectivity index (χ3v) is 4.27. The monoisotopic (exact) mass is 384 g/mol. The van der Waals surface area contributed by atoms with Gasteiger partial charge in [0.2, 0.25) is 0 Å². The first-order valence-electron chi connectivity index (χ1n) is 6.19. The minimum atomic E-state index is -4.09. The van der Waals surface area contributed by atoms with Gasteiger partial charge in [0.1, 0.15) is 0 Å². The Kier molecular flexibility index (Phi) is 5.08. The summed E-state index contributed by atoms with van der Waals surface area (Å²) in [5.74, 6) is 0. The van der Waals surface area contributed by atoms with Crippen LogP contribution in [0.3, 0.4) is 0 Å². The Bertz CT molecular complexity index is 415. The van der Waals surface area contributed by atoms with E-state index in [1.165, 1.54) is 14.0 Å². The smallest absolute Gasteiger partial charge is 0.297 e. The molecule has 0 atom stereocenters. The predicted molar refractivity (Wildman–Crippen MR) is 76.9 cm³/mol. The molecule has 6 heteroatoms. The average Bonchev–Trinajstić information content (AvgIpc) is 2.33. The molecule has 0 bridgehead atoms. The molecule has 0 aliphatic carbocycles. The molecule has 2 nitrogen and oxygen atoms in total. The molecule has 1 aliphatic rings. The van der Waals surface area contributed by atoms with E-state index in [1.807, 2.05) is 12.1 Å². The SMILES string of the molecule is FC(F)(F)CN1CCN(Cc2ccccc2I)CC1. The van der Waals surface area contributed by atoms with Crippen LogP contribution in [0.5, 0.6) is 0 Å². The maximum atomic E-state index is 12.3. The van der Waals surface area contributed by atoms with Crippen LogP contribution >= 0.6 is 22.6 Å². The largest absolute Gasteiger partial charge is 0.401 e. The highest BCUT2D eigenvalue weighted by Gasteiger charge is 2.32. The van der Waals surface area contributed by atoms with E-state index >= 15 is 0 Å². The van der Waals surface area contributed by atoms with Gasteiger partial charge in [0, 0.05) is 36.3 Å². The first kappa shape index (κ1) is 15.1. The molecular weight excluding hydrogens is 368 g/mol. The van der Waals surface area contributed by atoms with Crippen LogP contribution in [-0.2, 0) is 6.54 Å². The van der Waals surface area contributed by atoms with E-state index in [2.05, 4.69) is 39.6 Å². The molecule has 0 aromatic heterocycles. The Morgan fingerprint density at radius 1 is 1.00 bits per heavy atom. The van der Waals surface area contributed by atoms with Gasteiger partial charge >= 0.3 is 6.18 Å². The van der Waals surface area contributed by atoms with Crippen molar-refractivity contribution < 1.29 is 13.2 Å². The van der Waals surface area contributed by atoms with Crippen molar-refractivity contribution in [3.05, 3.63) is 33.4 Å². The van der Waals surface area contributed by atoms with Gasteiger partial charge in [0.15, 0.2) is 0 Å². The van der Waals surface area contributed by atoms with Gasteiger partial charge in [-0.25, -0.2) is 0 Å². The molecule has 1 saturated heterocycles. The van der Waals surface area contributed by atoms with Gasteiger partial charge in [0.25, 0.3) is 0 Å². The van der Waals surface area contributed by atoms with Crippen molar-refractivity contribution in [2.24, 2.45) is 0 Å². The van der Waals surface area contributed by atoms with Gasteiger partial charge in [-0.3, -0.25) is 9.80 Å². The Morgan fingerprint density at radius 3 is 2.16 bits per heavy atom. The Morgan fingerprint density at radius 2 is 1.58 bits per heavy atom. The fraction of sp³-hybridized carbons (Fsp3) is 0.538. The van der Waals surface area contributed by atoms with Crippen LogP contribution < -0.4 is 0 Å². The molecule has 0 N–H and O–H groups in total. The molecule has 1 fully saturated rings. The number of benzene rings is 1. The van der Waals surface area contributed by atoms with Gasteiger partial charge in [-0.05, 0) is 34.2 Å².